The van der Waals surface area contributed by atoms with Crippen LogP contribution in [0.3, 0.4) is 0 Å². The lowest BCUT2D eigenvalue weighted by Gasteiger charge is -2.28. The minimum absolute atomic E-state index is 0.0804. The van der Waals surface area contributed by atoms with Gasteiger partial charge in [0.05, 0.1) is 5.56 Å². The molecular weight excluding hydrogens is 347 g/mol. The Hall–Kier alpha value is -2.89. The second-order valence-electron chi connectivity index (χ2n) is 6.68. The van der Waals surface area contributed by atoms with Crippen LogP contribution in [0.2, 0.25) is 0 Å². The molecule has 2 aromatic carbocycles. The van der Waals surface area contributed by atoms with Crippen LogP contribution >= 0.6 is 0 Å². The van der Waals surface area contributed by atoms with Gasteiger partial charge in [0.1, 0.15) is 5.82 Å². The number of nitrogens with one attached hydrogen (secondary N) is 1. The predicted molar refractivity (Wildman–Crippen MR) is 103 cm³/mol. The summed E-state index contributed by atoms with van der Waals surface area (Å²) in [4.78, 5) is 26.2. The van der Waals surface area contributed by atoms with Crippen LogP contribution in [0, 0.1) is 12.7 Å². The molecule has 2 aromatic rings. The molecule has 0 aromatic heterocycles. The highest BCUT2D eigenvalue weighted by Gasteiger charge is 2.13. The molecule has 5 nitrogen and oxygen atoms in total. The zero-order valence-electron chi connectivity index (χ0n) is 15.3. The Labute approximate surface area is 158 Å². The molecule has 6 heteroatoms. The molecule has 0 bridgehead atoms. The van der Waals surface area contributed by atoms with Crippen molar-refractivity contribution in [1.29, 1.82) is 0 Å². The number of benzene rings is 2. The SMILES string of the molecule is Cc1ccc(C(=O)OCC(=O)Nc2ccc(N3CCCCC3)cc2)cc1F. The van der Waals surface area contributed by atoms with Crippen molar-refractivity contribution in [1.82, 2.24) is 0 Å². The van der Waals surface area contributed by atoms with Crippen LogP contribution < -0.4 is 10.2 Å². The minimum atomic E-state index is -0.732. The average molecular weight is 370 g/mol. The van der Waals surface area contributed by atoms with E-state index in [1.54, 1.807) is 6.92 Å². The monoisotopic (exact) mass is 370 g/mol. The molecule has 0 aliphatic carbocycles. The molecule has 0 atom stereocenters. The van der Waals surface area contributed by atoms with E-state index in [2.05, 4.69) is 10.2 Å². The van der Waals surface area contributed by atoms with Crippen LogP contribution in [0.5, 0.6) is 0 Å². The number of esters is 1. The smallest absolute Gasteiger partial charge is 0.338 e. The van der Waals surface area contributed by atoms with Gasteiger partial charge in [0.25, 0.3) is 5.91 Å². The molecule has 1 N–H and O–H groups in total. The van der Waals surface area contributed by atoms with Gasteiger partial charge < -0.3 is 15.0 Å². The zero-order chi connectivity index (χ0) is 19.2. The summed E-state index contributed by atoms with van der Waals surface area (Å²) < 4.78 is 18.5. The van der Waals surface area contributed by atoms with Gasteiger partial charge in [0.15, 0.2) is 6.61 Å². The molecule has 1 fully saturated rings. The maximum absolute atomic E-state index is 13.5. The van der Waals surface area contributed by atoms with E-state index in [1.807, 2.05) is 24.3 Å². The number of halogens is 1. The highest BCUT2D eigenvalue weighted by atomic mass is 19.1. The summed E-state index contributed by atoms with van der Waals surface area (Å²) in [6.45, 7) is 3.29. The van der Waals surface area contributed by atoms with Crippen LogP contribution in [0.25, 0.3) is 0 Å². The van der Waals surface area contributed by atoms with E-state index in [0.29, 0.717) is 11.3 Å². The van der Waals surface area contributed by atoms with Crippen molar-refractivity contribution in [2.45, 2.75) is 26.2 Å². The summed E-state index contributed by atoms with van der Waals surface area (Å²) in [6, 6.07) is 11.7. The molecule has 0 spiro atoms. The summed E-state index contributed by atoms with van der Waals surface area (Å²) in [5, 5.41) is 2.69. The van der Waals surface area contributed by atoms with Gasteiger partial charge in [0, 0.05) is 24.5 Å². The fraction of sp³-hybridized carbons (Fsp3) is 0.333. The topological polar surface area (TPSA) is 58.6 Å². The molecule has 142 valence electrons. The summed E-state index contributed by atoms with van der Waals surface area (Å²) in [5.74, 6) is -1.66. The zero-order valence-corrected chi connectivity index (χ0v) is 15.3. The van der Waals surface area contributed by atoms with Crippen LogP contribution in [0.4, 0.5) is 15.8 Å². The maximum atomic E-state index is 13.5. The molecule has 0 radical (unpaired) electrons. The molecule has 1 amide bonds. The van der Waals surface area contributed by atoms with Gasteiger partial charge >= 0.3 is 5.97 Å². The summed E-state index contributed by atoms with van der Waals surface area (Å²) >= 11 is 0. The van der Waals surface area contributed by atoms with Gasteiger partial charge in [-0.3, -0.25) is 4.79 Å². The third kappa shape index (κ3) is 5.06. The number of ether oxygens (including phenoxy) is 1. The first kappa shape index (κ1) is 18.9. The first-order valence-corrected chi connectivity index (χ1v) is 9.11. The lowest BCUT2D eigenvalue weighted by atomic mass is 10.1. The molecule has 3 rings (SSSR count). The van der Waals surface area contributed by atoms with Crippen molar-refractivity contribution >= 4 is 23.3 Å². The number of rotatable bonds is 5. The highest BCUT2D eigenvalue weighted by molar-refractivity contribution is 5.95. The molecule has 1 heterocycles. The second-order valence-corrected chi connectivity index (χ2v) is 6.68. The van der Waals surface area contributed by atoms with Gasteiger partial charge in [-0.2, -0.15) is 0 Å². The number of amides is 1. The van der Waals surface area contributed by atoms with E-state index in [1.165, 1.54) is 31.4 Å². The number of carbonyl (C=O) groups excluding carboxylic acids is 2. The van der Waals surface area contributed by atoms with Gasteiger partial charge in [0.2, 0.25) is 0 Å². The van der Waals surface area contributed by atoms with Gasteiger partial charge in [-0.1, -0.05) is 6.07 Å². The molecule has 0 unspecified atom stereocenters. The van der Waals surface area contributed by atoms with Crippen molar-refractivity contribution in [3.05, 3.63) is 59.4 Å². The molecule has 27 heavy (non-hydrogen) atoms. The summed E-state index contributed by atoms with van der Waals surface area (Å²) in [6.07, 6.45) is 3.68. The normalized spacial score (nSPS) is 13.9. The van der Waals surface area contributed by atoms with Gasteiger partial charge in [-0.25, -0.2) is 9.18 Å². The average Bonchev–Trinajstić information content (AvgIpc) is 2.69. The van der Waals surface area contributed by atoms with Gasteiger partial charge in [-0.05, 0) is 68.1 Å². The molecule has 1 aliphatic rings. The lowest BCUT2D eigenvalue weighted by Crippen LogP contribution is -2.29. The van der Waals surface area contributed by atoms with Crippen LogP contribution in [0.15, 0.2) is 42.5 Å². The fourth-order valence-electron chi connectivity index (χ4n) is 3.04. The fourth-order valence-corrected chi connectivity index (χ4v) is 3.04. The van der Waals surface area contributed by atoms with Crippen molar-refractivity contribution in [3.63, 3.8) is 0 Å². The van der Waals surface area contributed by atoms with E-state index < -0.39 is 24.3 Å². The second kappa shape index (κ2) is 8.66. The standard InChI is InChI=1S/C21H23FN2O3/c1-15-5-6-16(13-19(15)22)21(26)27-14-20(25)23-17-7-9-18(10-8-17)24-11-3-2-4-12-24/h5-10,13H,2-4,11-12,14H2,1H3,(H,23,25). The van der Waals surface area contributed by atoms with E-state index in [-0.39, 0.29) is 5.56 Å². The summed E-state index contributed by atoms with van der Waals surface area (Å²) in [5.41, 5.74) is 2.30. The quantitative estimate of drug-likeness (QED) is 0.811. The number of piperidine rings is 1. The minimum Gasteiger partial charge on any atom is -0.452 e. The number of aryl methyl sites for hydroxylation is 1. The van der Waals surface area contributed by atoms with Crippen LogP contribution in [0.1, 0.15) is 35.2 Å². The molecular formula is C21H23FN2O3. The summed E-state index contributed by atoms with van der Waals surface area (Å²) in [7, 11) is 0. The van der Waals surface area contributed by atoms with Crippen molar-refractivity contribution in [3.8, 4) is 0 Å². The first-order chi connectivity index (χ1) is 13.0. The number of hydrogen-bond acceptors (Lipinski definition) is 4. The Kier molecular flexibility index (Phi) is 6.06. The molecule has 1 saturated heterocycles. The Morgan fingerprint density at radius 3 is 2.44 bits per heavy atom. The van der Waals surface area contributed by atoms with E-state index in [9.17, 15) is 14.0 Å². The number of hydrogen-bond donors (Lipinski definition) is 1. The van der Waals surface area contributed by atoms with Crippen LogP contribution in [-0.4, -0.2) is 31.6 Å². The van der Waals surface area contributed by atoms with E-state index in [4.69, 9.17) is 4.74 Å². The Bertz CT molecular complexity index is 815. The van der Waals surface area contributed by atoms with E-state index >= 15 is 0 Å². The predicted octanol–water partition coefficient (Wildman–Crippen LogP) is 3.92. The Morgan fingerprint density at radius 1 is 1.07 bits per heavy atom. The van der Waals surface area contributed by atoms with Crippen molar-refractivity contribution < 1.29 is 18.7 Å². The maximum Gasteiger partial charge on any atom is 0.338 e. The molecule has 0 saturated carbocycles. The highest BCUT2D eigenvalue weighted by Crippen LogP contribution is 2.21. The van der Waals surface area contributed by atoms with Crippen LogP contribution in [-0.2, 0) is 9.53 Å². The third-order valence-corrected chi connectivity index (χ3v) is 4.61. The Balaban J connectivity index is 1.50. The number of nitrogens with zero attached hydrogens (tertiary/aromatic N) is 1. The lowest BCUT2D eigenvalue weighted by molar-refractivity contribution is -0.119. The van der Waals surface area contributed by atoms with E-state index in [0.717, 1.165) is 24.8 Å². The Morgan fingerprint density at radius 2 is 1.78 bits per heavy atom. The van der Waals surface area contributed by atoms with Gasteiger partial charge in [-0.15, -0.1) is 0 Å². The first-order valence-electron chi connectivity index (χ1n) is 9.11. The largest absolute Gasteiger partial charge is 0.452 e. The van der Waals surface area contributed by atoms with Crippen molar-refractivity contribution in [2.24, 2.45) is 0 Å². The molecule has 1 aliphatic heterocycles. The number of carbonyl (C=O) groups is 2. The van der Waals surface area contributed by atoms with Crippen molar-refractivity contribution in [2.75, 3.05) is 29.9 Å². The number of anilines is 2. The third-order valence-electron chi connectivity index (χ3n) is 4.61.